The lowest BCUT2D eigenvalue weighted by molar-refractivity contribution is 0.0950. The van der Waals surface area contributed by atoms with E-state index in [1.54, 1.807) is 24.7 Å². The molecule has 0 aliphatic carbocycles. The molecule has 2 aromatic rings. The highest BCUT2D eigenvalue weighted by Gasteiger charge is 2.07. The molecule has 102 valence electrons. The molecule has 0 unspecified atom stereocenters. The molecule has 0 aliphatic rings. The Morgan fingerprint density at radius 2 is 2.35 bits per heavy atom. The molecule has 0 aliphatic heterocycles. The van der Waals surface area contributed by atoms with Crippen LogP contribution in [0, 0.1) is 18.8 Å². The van der Waals surface area contributed by atoms with Gasteiger partial charge in [-0.15, -0.1) is 0 Å². The molecule has 0 spiro atoms. The second kappa shape index (κ2) is 6.55. The zero-order valence-corrected chi connectivity index (χ0v) is 11.2. The molecular formula is C15H16N4O. The van der Waals surface area contributed by atoms with Crippen LogP contribution in [0.5, 0.6) is 0 Å². The van der Waals surface area contributed by atoms with Gasteiger partial charge in [0, 0.05) is 17.3 Å². The first kappa shape index (κ1) is 13.8. The SMILES string of the molecule is Cc1ccc(C(=O)NCc2cnc[nH]2)cc1C#CCN. The van der Waals surface area contributed by atoms with Gasteiger partial charge in [0.2, 0.25) is 0 Å². The van der Waals surface area contributed by atoms with Gasteiger partial charge in [0.15, 0.2) is 0 Å². The third-order valence-corrected chi connectivity index (χ3v) is 2.82. The number of H-pyrrole nitrogens is 1. The molecule has 4 N–H and O–H groups in total. The smallest absolute Gasteiger partial charge is 0.251 e. The Labute approximate surface area is 117 Å². The lowest BCUT2D eigenvalue weighted by Crippen LogP contribution is -2.23. The number of hydrogen-bond donors (Lipinski definition) is 3. The van der Waals surface area contributed by atoms with Gasteiger partial charge in [-0.1, -0.05) is 17.9 Å². The third-order valence-electron chi connectivity index (χ3n) is 2.82. The van der Waals surface area contributed by atoms with Crippen molar-refractivity contribution in [1.82, 2.24) is 15.3 Å². The average Bonchev–Trinajstić information content (AvgIpc) is 2.97. The van der Waals surface area contributed by atoms with Gasteiger partial charge in [-0.2, -0.15) is 0 Å². The number of benzene rings is 1. The molecule has 20 heavy (non-hydrogen) atoms. The highest BCUT2D eigenvalue weighted by atomic mass is 16.1. The number of carbonyl (C=O) groups excluding carboxylic acids is 1. The largest absolute Gasteiger partial charge is 0.347 e. The van der Waals surface area contributed by atoms with Crippen molar-refractivity contribution in [3.05, 3.63) is 53.1 Å². The van der Waals surface area contributed by atoms with Gasteiger partial charge in [0.05, 0.1) is 25.1 Å². The number of aromatic amines is 1. The third kappa shape index (κ3) is 3.46. The first-order valence-corrected chi connectivity index (χ1v) is 6.25. The number of aryl methyl sites for hydroxylation is 1. The van der Waals surface area contributed by atoms with Gasteiger partial charge < -0.3 is 16.0 Å². The molecule has 0 radical (unpaired) electrons. The number of nitrogens with one attached hydrogen (secondary N) is 2. The van der Waals surface area contributed by atoms with Crippen molar-refractivity contribution in [3.63, 3.8) is 0 Å². The normalized spacial score (nSPS) is 9.70. The first-order valence-electron chi connectivity index (χ1n) is 6.25. The van der Waals surface area contributed by atoms with E-state index in [9.17, 15) is 4.79 Å². The Bertz CT molecular complexity index is 650. The minimum Gasteiger partial charge on any atom is -0.347 e. The van der Waals surface area contributed by atoms with Crippen molar-refractivity contribution in [2.24, 2.45) is 5.73 Å². The average molecular weight is 268 g/mol. The topological polar surface area (TPSA) is 83.8 Å². The maximum atomic E-state index is 12.1. The monoisotopic (exact) mass is 268 g/mol. The predicted molar refractivity (Wildman–Crippen MR) is 76.9 cm³/mol. The summed E-state index contributed by atoms with van der Waals surface area (Å²) < 4.78 is 0. The molecule has 1 heterocycles. The Morgan fingerprint density at radius 3 is 3.05 bits per heavy atom. The number of nitrogens with two attached hydrogens (primary N) is 1. The fraction of sp³-hybridized carbons (Fsp3) is 0.200. The molecule has 2 rings (SSSR count). The maximum Gasteiger partial charge on any atom is 0.251 e. The van der Waals surface area contributed by atoms with Crippen molar-refractivity contribution < 1.29 is 4.79 Å². The number of amides is 1. The van der Waals surface area contributed by atoms with Crippen LogP contribution in [-0.4, -0.2) is 22.4 Å². The summed E-state index contributed by atoms with van der Waals surface area (Å²) in [4.78, 5) is 18.9. The van der Waals surface area contributed by atoms with Crippen molar-refractivity contribution in [3.8, 4) is 11.8 Å². The molecule has 0 saturated carbocycles. The van der Waals surface area contributed by atoms with E-state index in [1.165, 1.54) is 0 Å². The van der Waals surface area contributed by atoms with E-state index in [4.69, 9.17) is 5.73 Å². The summed E-state index contributed by atoms with van der Waals surface area (Å²) in [6, 6.07) is 5.44. The standard InChI is InChI=1S/C15H16N4O/c1-11-4-5-13(7-12(11)3-2-6-16)15(20)18-9-14-8-17-10-19-14/h4-5,7-8,10H,6,9,16H2,1H3,(H,17,19)(H,18,20). The highest BCUT2D eigenvalue weighted by molar-refractivity contribution is 5.94. The van der Waals surface area contributed by atoms with Crippen LogP contribution in [0.4, 0.5) is 0 Å². The zero-order chi connectivity index (χ0) is 14.4. The fourth-order valence-electron chi connectivity index (χ4n) is 1.70. The summed E-state index contributed by atoms with van der Waals surface area (Å²) in [7, 11) is 0. The van der Waals surface area contributed by atoms with Crippen LogP contribution in [0.3, 0.4) is 0 Å². The van der Waals surface area contributed by atoms with Gasteiger partial charge >= 0.3 is 0 Å². The number of imidazole rings is 1. The molecule has 1 amide bonds. The van der Waals surface area contributed by atoms with Gasteiger partial charge in [-0.25, -0.2) is 4.98 Å². The van der Waals surface area contributed by atoms with Crippen molar-refractivity contribution in [1.29, 1.82) is 0 Å². The maximum absolute atomic E-state index is 12.1. The molecule has 0 saturated heterocycles. The first-order chi connectivity index (χ1) is 9.70. The number of nitrogens with zero attached hydrogens (tertiary/aromatic N) is 1. The highest BCUT2D eigenvalue weighted by Crippen LogP contribution is 2.10. The molecule has 5 nitrogen and oxygen atoms in total. The van der Waals surface area contributed by atoms with Crippen LogP contribution in [0.15, 0.2) is 30.7 Å². The van der Waals surface area contributed by atoms with Crippen molar-refractivity contribution >= 4 is 5.91 Å². The summed E-state index contributed by atoms with van der Waals surface area (Å²) in [5.74, 6) is 5.62. The van der Waals surface area contributed by atoms with Gasteiger partial charge in [-0.3, -0.25) is 4.79 Å². The Morgan fingerprint density at radius 1 is 1.50 bits per heavy atom. The lowest BCUT2D eigenvalue weighted by atomic mass is 10.0. The second-order valence-corrected chi connectivity index (χ2v) is 4.30. The summed E-state index contributed by atoms with van der Waals surface area (Å²) >= 11 is 0. The van der Waals surface area contributed by atoms with Crippen LogP contribution in [0.1, 0.15) is 27.2 Å². The van der Waals surface area contributed by atoms with Crippen molar-refractivity contribution in [2.45, 2.75) is 13.5 Å². The van der Waals surface area contributed by atoms with Gasteiger partial charge in [0.25, 0.3) is 5.91 Å². The van der Waals surface area contributed by atoms with Crippen LogP contribution < -0.4 is 11.1 Å². The molecule has 0 atom stereocenters. The summed E-state index contributed by atoms with van der Waals surface area (Å²) in [5.41, 5.74) is 8.65. The van der Waals surface area contributed by atoms with E-state index in [1.807, 2.05) is 13.0 Å². The summed E-state index contributed by atoms with van der Waals surface area (Å²) in [6.07, 6.45) is 3.25. The Kier molecular flexibility index (Phi) is 4.53. The van der Waals surface area contributed by atoms with Crippen LogP contribution in [0.25, 0.3) is 0 Å². The van der Waals surface area contributed by atoms with E-state index in [0.717, 1.165) is 16.8 Å². The second-order valence-electron chi connectivity index (χ2n) is 4.30. The van der Waals surface area contributed by atoms with E-state index in [2.05, 4.69) is 27.1 Å². The predicted octanol–water partition coefficient (Wildman–Crippen LogP) is 0.958. The minimum atomic E-state index is -0.143. The molecule has 0 fully saturated rings. The summed E-state index contributed by atoms with van der Waals surface area (Å²) in [6.45, 7) is 2.67. The number of aromatic nitrogens is 2. The van der Waals surface area contributed by atoms with E-state index in [-0.39, 0.29) is 5.91 Å². The van der Waals surface area contributed by atoms with Gasteiger partial charge in [0.1, 0.15) is 0 Å². The van der Waals surface area contributed by atoms with Crippen molar-refractivity contribution in [2.75, 3.05) is 6.54 Å². The van der Waals surface area contributed by atoms with Gasteiger partial charge in [-0.05, 0) is 24.6 Å². The number of hydrogen-bond acceptors (Lipinski definition) is 3. The number of carbonyl (C=O) groups is 1. The minimum absolute atomic E-state index is 0.143. The molecular weight excluding hydrogens is 252 g/mol. The fourth-order valence-corrected chi connectivity index (χ4v) is 1.70. The quantitative estimate of drug-likeness (QED) is 0.725. The summed E-state index contributed by atoms with van der Waals surface area (Å²) in [5, 5.41) is 2.82. The van der Waals surface area contributed by atoms with E-state index in [0.29, 0.717) is 18.7 Å². The van der Waals surface area contributed by atoms with E-state index < -0.39 is 0 Å². The number of rotatable bonds is 3. The van der Waals surface area contributed by atoms with Crippen LogP contribution in [-0.2, 0) is 6.54 Å². The Balaban J connectivity index is 2.09. The zero-order valence-electron chi connectivity index (χ0n) is 11.2. The molecule has 1 aromatic heterocycles. The van der Waals surface area contributed by atoms with Crippen LogP contribution >= 0.6 is 0 Å². The molecule has 1 aromatic carbocycles. The Hall–Kier alpha value is -2.58. The lowest BCUT2D eigenvalue weighted by Gasteiger charge is -2.06. The molecule has 0 bridgehead atoms. The molecule has 5 heteroatoms. The van der Waals surface area contributed by atoms with Crippen LogP contribution in [0.2, 0.25) is 0 Å². The van der Waals surface area contributed by atoms with E-state index >= 15 is 0 Å².